The molecule has 1 fully saturated rings. The predicted molar refractivity (Wildman–Crippen MR) is 84.0 cm³/mol. The molecule has 0 radical (unpaired) electrons. The molecule has 4 nitrogen and oxygen atoms in total. The third kappa shape index (κ3) is 4.61. The van der Waals surface area contributed by atoms with E-state index in [4.69, 9.17) is 9.47 Å². The Hall–Kier alpha value is -1.26. The van der Waals surface area contributed by atoms with E-state index in [2.05, 4.69) is 18.7 Å². The van der Waals surface area contributed by atoms with Gasteiger partial charge in [-0.3, -0.25) is 4.90 Å². The Morgan fingerprint density at radius 1 is 1.14 bits per heavy atom. The Morgan fingerprint density at radius 2 is 1.71 bits per heavy atom. The lowest BCUT2D eigenvalue weighted by Crippen LogP contribution is -2.48. The summed E-state index contributed by atoms with van der Waals surface area (Å²) in [4.78, 5) is 2.39. The van der Waals surface area contributed by atoms with Crippen molar-refractivity contribution in [2.45, 2.75) is 51.3 Å². The van der Waals surface area contributed by atoms with Crippen LogP contribution in [0.3, 0.4) is 0 Å². The largest absolute Gasteiger partial charge is 0.497 e. The van der Waals surface area contributed by atoms with Crippen LogP contribution in [0, 0.1) is 0 Å². The standard InChI is InChI=1S/C17H27NO3/c1-13-5-4-6-14(2)18(13)11-15(19)12-21-17-9-7-16(20-3)8-10-17/h7-10,13-15,19H,4-6,11-12H2,1-3H3/t13-,14+,15-/m1/s1. The van der Waals surface area contributed by atoms with E-state index in [0.717, 1.165) is 11.5 Å². The number of rotatable bonds is 6. The highest BCUT2D eigenvalue weighted by atomic mass is 16.5. The van der Waals surface area contributed by atoms with Crippen LogP contribution in [0.4, 0.5) is 0 Å². The van der Waals surface area contributed by atoms with Gasteiger partial charge in [0, 0.05) is 18.6 Å². The van der Waals surface area contributed by atoms with Gasteiger partial charge in [-0.25, -0.2) is 0 Å². The molecule has 0 bridgehead atoms. The summed E-state index contributed by atoms with van der Waals surface area (Å²) in [6.07, 6.45) is 3.26. The lowest BCUT2D eigenvalue weighted by Gasteiger charge is -2.40. The van der Waals surface area contributed by atoms with Gasteiger partial charge in [-0.15, -0.1) is 0 Å². The fourth-order valence-electron chi connectivity index (χ4n) is 3.00. The van der Waals surface area contributed by atoms with E-state index in [-0.39, 0.29) is 0 Å². The number of aliphatic hydroxyl groups excluding tert-OH is 1. The molecular weight excluding hydrogens is 266 g/mol. The minimum atomic E-state index is -0.463. The molecule has 2 rings (SSSR count). The normalized spacial score (nSPS) is 24.6. The second kappa shape index (κ2) is 7.66. The fraction of sp³-hybridized carbons (Fsp3) is 0.647. The van der Waals surface area contributed by atoms with Gasteiger partial charge in [0.15, 0.2) is 0 Å². The van der Waals surface area contributed by atoms with E-state index in [1.807, 2.05) is 24.3 Å². The van der Waals surface area contributed by atoms with Gasteiger partial charge < -0.3 is 14.6 Å². The van der Waals surface area contributed by atoms with Crippen LogP contribution in [0.2, 0.25) is 0 Å². The van der Waals surface area contributed by atoms with Crippen LogP contribution in [-0.2, 0) is 0 Å². The van der Waals surface area contributed by atoms with Gasteiger partial charge >= 0.3 is 0 Å². The Kier molecular flexibility index (Phi) is 5.88. The molecular formula is C17H27NO3. The second-order valence-corrected chi connectivity index (χ2v) is 5.97. The van der Waals surface area contributed by atoms with Gasteiger partial charge in [0.25, 0.3) is 0 Å². The number of methoxy groups -OCH3 is 1. The highest BCUT2D eigenvalue weighted by molar-refractivity contribution is 5.31. The number of hydrogen-bond donors (Lipinski definition) is 1. The van der Waals surface area contributed by atoms with E-state index in [9.17, 15) is 5.11 Å². The number of ether oxygens (including phenoxy) is 2. The first-order valence-corrected chi connectivity index (χ1v) is 7.81. The summed E-state index contributed by atoms with van der Waals surface area (Å²) in [7, 11) is 1.64. The zero-order valence-corrected chi connectivity index (χ0v) is 13.3. The Labute approximate surface area is 127 Å². The molecule has 1 saturated heterocycles. The van der Waals surface area contributed by atoms with Crippen molar-refractivity contribution >= 4 is 0 Å². The van der Waals surface area contributed by atoms with E-state index >= 15 is 0 Å². The molecule has 1 aliphatic heterocycles. The van der Waals surface area contributed by atoms with E-state index in [1.54, 1.807) is 7.11 Å². The van der Waals surface area contributed by atoms with Gasteiger partial charge in [0.2, 0.25) is 0 Å². The molecule has 1 aromatic carbocycles. The lowest BCUT2D eigenvalue weighted by atomic mass is 9.97. The monoisotopic (exact) mass is 293 g/mol. The van der Waals surface area contributed by atoms with Gasteiger partial charge in [0.05, 0.1) is 7.11 Å². The second-order valence-electron chi connectivity index (χ2n) is 5.97. The van der Waals surface area contributed by atoms with Crippen molar-refractivity contribution in [3.63, 3.8) is 0 Å². The number of benzene rings is 1. The average molecular weight is 293 g/mol. The van der Waals surface area contributed by atoms with Crippen LogP contribution < -0.4 is 9.47 Å². The number of nitrogens with zero attached hydrogens (tertiary/aromatic N) is 1. The first kappa shape index (κ1) is 16.1. The lowest BCUT2D eigenvalue weighted by molar-refractivity contribution is 0.0209. The minimum absolute atomic E-state index is 0.322. The molecule has 0 aromatic heterocycles. The highest BCUT2D eigenvalue weighted by Crippen LogP contribution is 2.23. The smallest absolute Gasteiger partial charge is 0.119 e. The van der Waals surface area contributed by atoms with Crippen molar-refractivity contribution in [3.05, 3.63) is 24.3 Å². The Bertz CT molecular complexity index is 411. The molecule has 3 atom stereocenters. The van der Waals surface area contributed by atoms with Gasteiger partial charge in [-0.2, -0.15) is 0 Å². The number of hydrogen-bond acceptors (Lipinski definition) is 4. The van der Waals surface area contributed by atoms with Crippen LogP contribution in [0.25, 0.3) is 0 Å². The van der Waals surface area contributed by atoms with E-state index in [0.29, 0.717) is 25.2 Å². The Morgan fingerprint density at radius 3 is 2.29 bits per heavy atom. The van der Waals surface area contributed by atoms with Gasteiger partial charge in [0.1, 0.15) is 24.2 Å². The number of aliphatic hydroxyl groups is 1. The third-order valence-electron chi connectivity index (χ3n) is 4.30. The van der Waals surface area contributed by atoms with Crippen molar-refractivity contribution in [2.75, 3.05) is 20.3 Å². The number of piperidine rings is 1. The maximum absolute atomic E-state index is 10.2. The highest BCUT2D eigenvalue weighted by Gasteiger charge is 2.26. The summed E-state index contributed by atoms with van der Waals surface area (Å²) in [6, 6.07) is 8.52. The summed E-state index contributed by atoms with van der Waals surface area (Å²) < 4.78 is 10.8. The maximum atomic E-state index is 10.2. The number of β-amino-alcohol motifs (C(OH)–C–C–N with tert-alkyl or cyclic N) is 1. The summed E-state index contributed by atoms with van der Waals surface area (Å²) in [5, 5.41) is 10.2. The molecule has 0 aliphatic carbocycles. The SMILES string of the molecule is COc1ccc(OC[C@H](O)CN2[C@H](C)CCC[C@@H]2C)cc1. The van der Waals surface area contributed by atoms with Crippen molar-refractivity contribution in [1.82, 2.24) is 4.90 Å². The first-order chi connectivity index (χ1) is 10.1. The molecule has 0 unspecified atom stereocenters. The quantitative estimate of drug-likeness (QED) is 0.875. The number of likely N-dealkylation sites (tertiary alicyclic amines) is 1. The van der Waals surface area contributed by atoms with Gasteiger partial charge in [-0.05, 0) is 51.0 Å². The molecule has 4 heteroatoms. The predicted octanol–water partition coefficient (Wildman–Crippen LogP) is 2.70. The zero-order valence-electron chi connectivity index (χ0n) is 13.3. The topological polar surface area (TPSA) is 41.9 Å². The van der Waals surface area contributed by atoms with Crippen molar-refractivity contribution in [3.8, 4) is 11.5 Å². The summed E-state index contributed by atoms with van der Waals surface area (Å²) in [5.41, 5.74) is 0. The van der Waals surface area contributed by atoms with E-state index < -0.39 is 6.10 Å². The molecule has 1 aromatic rings. The molecule has 1 N–H and O–H groups in total. The van der Waals surface area contributed by atoms with Crippen LogP contribution in [0.5, 0.6) is 11.5 Å². The van der Waals surface area contributed by atoms with Crippen molar-refractivity contribution in [2.24, 2.45) is 0 Å². The molecule has 1 aliphatic rings. The summed E-state index contributed by atoms with van der Waals surface area (Å²) >= 11 is 0. The van der Waals surface area contributed by atoms with Crippen LogP contribution in [0.1, 0.15) is 33.1 Å². The van der Waals surface area contributed by atoms with E-state index in [1.165, 1.54) is 19.3 Å². The molecule has 0 spiro atoms. The van der Waals surface area contributed by atoms with Crippen LogP contribution in [0.15, 0.2) is 24.3 Å². The van der Waals surface area contributed by atoms with Crippen LogP contribution in [-0.4, -0.2) is 48.5 Å². The van der Waals surface area contributed by atoms with Crippen molar-refractivity contribution < 1.29 is 14.6 Å². The van der Waals surface area contributed by atoms with Gasteiger partial charge in [-0.1, -0.05) is 6.42 Å². The molecule has 21 heavy (non-hydrogen) atoms. The first-order valence-electron chi connectivity index (χ1n) is 7.81. The molecule has 0 amide bonds. The minimum Gasteiger partial charge on any atom is -0.497 e. The summed E-state index contributed by atoms with van der Waals surface area (Å²) in [6.45, 7) is 5.49. The fourth-order valence-corrected chi connectivity index (χ4v) is 3.00. The van der Waals surface area contributed by atoms with Crippen molar-refractivity contribution in [1.29, 1.82) is 0 Å². The molecule has 1 heterocycles. The summed E-state index contributed by atoms with van der Waals surface area (Å²) in [5.74, 6) is 1.56. The average Bonchev–Trinajstić information content (AvgIpc) is 2.49. The molecule has 118 valence electrons. The molecule has 0 saturated carbocycles. The van der Waals surface area contributed by atoms with Crippen LogP contribution >= 0.6 is 0 Å². The Balaban J connectivity index is 1.79. The zero-order chi connectivity index (χ0) is 15.2. The third-order valence-corrected chi connectivity index (χ3v) is 4.30. The maximum Gasteiger partial charge on any atom is 0.119 e.